The van der Waals surface area contributed by atoms with Crippen molar-refractivity contribution in [3.63, 3.8) is 0 Å². The molecule has 32 heavy (non-hydrogen) atoms. The van der Waals surface area contributed by atoms with Gasteiger partial charge in [-0.1, -0.05) is 11.7 Å². The maximum Gasteiger partial charge on any atom is 0.175 e. The van der Waals surface area contributed by atoms with Crippen molar-refractivity contribution >= 4 is 17.2 Å². The molecule has 2 aromatic rings. The van der Waals surface area contributed by atoms with E-state index in [-0.39, 0.29) is 0 Å². The molecule has 0 spiro atoms. The van der Waals surface area contributed by atoms with Crippen LogP contribution < -0.4 is 15.5 Å². The minimum atomic E-state index is 0.720. The highest BCUT2D eigenvalue weighted by Gasteiger charge is 2.24. The lowest BCUT2D eigenvalue weighted by Crippen LogP contribution is -2.37. The molecule has 2 fully saturated rings. The van der Waals surface area contributed by atoms with Gasteiger partial charge in [-0.3, -0.25) is 0 Å². The van der Waals surface area contributed by atoms with Crippen molar-refractivity contribution in [2.75, 3.05) is 39.8 Å². The van der Waals surface area contributed by atoms with E-state index in [9.17, 15) is 0 Å². The summed E-state index contributed by atoms with van der Waals surface area (Å²) in [6.07, 6.45) is 10.6. The molecule has 7 nitrogen and oxygen atoms in total. The molecule has 4 rings (SSSR count). The van der Waals surface area contributed by atoms with Crippen LogP contribution in [-0.2, 0) is 13.0 Å². The molecule has 0 amide bonds. The molecule has 1 aromatic heterocycles. The summed E-state index contributed by atoms with van der Waals surface area (Å²) >= 11 is 0. The van der Waals surface area contributed by atoms with Crippen LogP contribution in [0.25, 0.3) is 11.0 Å². The fourth-order valence-electron chi connectivity index (χ4n) is 4.46. The molecule has 174 valence electrons. The molecular formula is C25H37N5O2. The molecule has 0 unspecified atom stereocenters. The molecule has 1 aromatic carbocycles. The lowest BCUT2D eigenvalue weighted by atomic mass is 9.91. The molecule has 2 heterocycles. The minimum absolute atomic E-state index is 0.720. The fraction of sp³-hybridized carbons (Fsp3) is 0.600. The number of ether oxygens (including phenoxy) is 1. The fourth-order valence-corrected chi connectivity index (χ4v) is 4.46. The lowest BCUT2D eigenvalue weighted by molar-refractivity contribution is 0.180. The van der Waals surface area contributed by atoms with Crippen molar-refractivity contribution < 1.29 is 9.26 Å². The van der Waals surface area contributed by atoms with Gasteiger partial charge < -0.3 is 24.9 Å². The highest BCUT2D eigenvalue weighted by molar-refractivity contribution is 5.84. The number of hydrogen-bond donors (Lipinski definition) is 2. The molecule has 0 bridgehead atoms. The number of nitrogens with zero attached hydrogens (tertiary/aromatic N) is 3. The molecule has 1 aliphatic carbocycles. The highest BCUT2D eigenvalue weighted by Crippen LogP contribution is 2.34. The summed E-state index contributed by atoms with van der Waals surface area (Å²) in [4.78, 5) is 2.52. The van der Waals surface area contributed by atoms with Gasteiger partial charge in [0.2, 0.25) is 0 Å². The van der Waals surface area contributed by atoms with Crippen molar-refractivity contribution in [1.29, 1.82) is 0 Å². The van der Waals surface area contributed by atoms with Gasteiger partial charge in [-0.2, -0.15) is 5.10 Å². The van der Waals surface area contributed by atoms with E-state index in [0.29, 0.717) is 0 Å². The number of hydrogen-bond acceptors (Lipinski definition) is 7. The second kappa shape index (κ2) is 11.5. The first-order valence-corrected chi connectivity index (χ1v) is 12.0. The Morgan fingerprint density at radius 1 is 1.25 bits per heavy atom. The Morgan fingerprint density at radius 2 is 2.09 bits per heavy atom. The Kier molecular flexibility index (Phi) is 8.18. The average Bonchev–Trinajstić information content (AvgIpc) is 3.56. The second-order valence-corrected chi connectivity index (χ2v) is 9.08. The van der Waals surface area contributed by atoms with Crippen molar-refractivity contribution in [3.8, 4) is 5.75 Å². The maximum absolute atomic E-state index is 6.09. The predicted octanol–water partition coefficient (Wildman–Crippen LogP) is 3.74. The summed E-state index contributed by atoms with van der Waals surface area (Å²) in [5, 5.41) is 12.9. The topological polar surface area (TPSA) is 74.9 Å². The molecule has 1 aliphatic heterocycles. The zero-order chi connectivity index (χ0) is 22.2. The zero-order valence-electron chi connectivity index (χ0n) is 19.3. The van der Waals surface area contributed by atoms with E-state index in [2.05, 4.69) is 44.6 Å². The number of nitrogens with one attached hydrogen (secondary N) is 2. The summed E-state index contributed by atoms with van der Waals surface area (Å²) < 4.78 is 11.9. The third-order valence-corrected chi connectivity index (χ3v) is 6.61. The van der Waals surface area contributed by atoms with Crippen LogP contribution in [0.3, 0.4) is 0 Å². The molecule has 2 aliphatic rings. The van der Waals surface area contributed by atoms with Gasteiger partial charge in [0.15, 0.2) is 5.58 Å². The number of hydrazone groups is 1. The molecule has 1 saturated heterocycles. The van der Waals surface area contributed by atoms with Crippen LogP contribution in [-0.4, -0.2) is 56.1 Å². The van der Waals surface area contributed by atoms with Gasteiger partial charge >= 0.3 is 0 Å². The van der Waals surface area contributed by atoms with Gasteiger partial charge in [-0.15, -0.1) is 0 Å². The molecule has 2 N–H and O–H groups in total. The minimum Gasteiger partial charge on any atom is -0.493 e. The van der Waals surface area contributed by atoms with E-state index >= 15 is 0 Å². The zero-order valence-corrected chi connectivity index (χ0v) is 19.3. The van der Waals surface area contributed by atoms with E-state index in [1.807, 2.05) is 7.05 Å². The number of piperidine rings is 1. The smallest absolute Gasteiger partial charge is 0.175 e. The van der Waals surface area contributed by atoms with E-state index in [4.69, 9.17) is 9.26 Å². The number of aromatic nitrogens is 1. The lowest BCUT2D eigenvalue weighted by Gasteiger charge is -2.31. The van der Waals surface area contributed by atoms with E-state index in [0.717, 1.165) is 85.6 Å². The quantitative estimate of drug-likeness (QED) is 0.281. The van der Waals surface area contributed by atoms with Crippen molar-refractivity contribution in [3.05, 3.63) is 36.0 Å². The first-order chi connectivity index (χ1) is 15.8. The van der Waals surface area contributed by atoms with Gasteiger partial charge in [0, 0.05) is 31.2 Å². The molecule has 0 radical (unpaired) electrons. The monoisotopic (exact) mass is 439 g/mol. The van der Waals surface area contributed by atoms with Crippen LogP contribution in [0.4, 0.5) is 0 Å². The Bertz CT molecular complexity index is 897. The summed E-state index contributed by atoms with van der Waals surface area (Å²) in [5.41, 5.74) is 6.11. The highest BCUT2D eigenvalue weighted by atomic mass is 16.5. The van der Waals surface area contributed by atoms with Gasteiger partial charge in [0.1, 0.15) is 5.75 Å². The third-order valence-electron chi connectivity index (χ3n) is 6.61. The van der Waals surface area contributed by atoms with E-state index in [1.165, 1.54) is 32.1 Å². The van der Waals surface area contributed by atoms with Crippen LogP contribution >= 0.6 is 0 Å². The normalized spacial score (nSPS) is 17.9. The Morgan fingerprint density at radius 3 is 2.84 bits per heavy atom. The first-order valence-electron chi connectivity index (χ1n) is 12.0. The van der Waals surface area contributed by atoms with Gasteiger partial charge in [-0.25, -0.2) is 0 Å². The Balaban J connectivity index is 1.28. The number of likely N-dealkylation sites (tertiary alicyclic amines) is 1. The maximum atomic E-state index is 6.09. The van der Waals surface area contributed by atoms with Crippen molar-refractivity contribution in [1.82, 2.24) is 20.8 Å². The summed E-state index contributed by atoms with van der Waals surface area (Å²) in [5.74, 6) is 2.41. The van der Waals surface area contributed by atoms with Crippen LogP contribution in [0.2, 0.25) is 0 Å². The van der Waals surface area contributed by atoms with Crippen LogP contribution in [0.15, 0.2) is 34.4 Å². The largest absolute Gasteiger partial charge is 0.493 e. The number of fused-ring (bicyclic) bond motifs is 1. The average molecular weight is 440 g/mol. The van der Waals surface area contributed by atoms with Crippen LogP contribution in [0.1, 0.15) is 43.4 Å². The van der Waals surface area contributed by atoms with Gasteiger partial charge in [-0.05, 0) is 88.7 Å². The van der Waals surface area contributed by atoms with E-state index < -0.39 is 0 Å². The number of allylic oxidation sites excluding steroid dienone is 1. The second-order valence-electron chi connectivity index (χ2n) is 9.08. The number of benzene rings is 1. The summed E-state index contributed by atoms with van der Waals surface area (Å²) in [7, 11) is 1.96. The Labute approximate surface area is 191 Å². The SMILES string of the molecule is C=C/C=N\NCCN1CCC(CCc2noc3c(CNC)c(OCC4CC4)ccc23)CC1. The Hall–Kier alpha value is -2.38. The predicted molar refractivity (Wildman–Crippen MR) is 129 cm³/mol. The number of aryl methyl sites for hydroxylation is 1. The molecule has 7 heteroatoms. The summed E-state index contributed by atoms with van der Waals surface area (Å²) in [6.45, 7) is 9.38. The van der Waals surface area contributed by atoms with E-state index in [1.54, 1.807) is 12.3 Å². The first kappa shape index (κ1) is 22.8. The van der Waals surface area contributed by atoms with Crippen molar-refractivity contribution in [2.24, 2.45) is 16.9 Å². The standard InChI is InChI=1S/C25H37N5O2/c1-3-12-27-28-13-16-30-14-10-19(11-15-30)6-8-23-21-7-9-24(31-18-20-4-5-20)22(17-26-2)25(21)32-29-23/h3,7,9,12,19-20,26,28H,1,4-6,8,10-11,13-18H2,2H3/b27-12-. The van der Waals surface area contributed by atoms with Crippen LogP contribution in [0.5, 0.6) is 5.75 Å². The molecular weight excluding hydrogens is 402 g/mol. The third kappa shape index (κ3) is 6.11. The molecule has 1 saturated carbocycles. The van der Waals surface area contributed by atoms with Crippen molar-refractivity contribution in [2.45, 2.75) is 45.1 Å². The molecule has 0 atom stereocenters. The summed E-state index contributed by atoms with van der Waals surface area (Å²) in [6, 6.07) is 4.23. The number of rotatable bonds is 13. The van der Waals surface area contributed by atoms with Gasteiger partial charge in [0.05, 0.1) is 17.9 Å². The van der Waals surface area contributed by atoms with Gasteiger partial charge in [0.25, 0.3) is 0 Å². The van der Waals surface area contributed by atoms with Crippen LogP contribution in [0, 0.1) is 11.8 Å².